The lowest BCUT2D eigenvalue weighted by Gasteiger charge is -2.40. The van der Waals surface area contributed by atoms with Crippen molar-refractivity contribution in [2.45, 2.75) is 43.2 Å². The summed E-state index contributed by atoms with van der Waals surface area (Å²) in [4.78, 5) is 6.50. The Kier molecular flexibility index (Phi) is 5.47. The van der Waals surface area contributed by atoms with Crippen LogP contribution in [0, 0.1) is 17.0 Å². The molecule has 1 aromatic heterocycles. The predicted octanol–water partition coefficient (Wildman–Crippen LogP) is 6.05. The van der Waals surface area contributed by atoms with Gasteiger partial charge in [-0.15, -0.1) is 0 Å². The van der Waals surface area contributed by atoms with Crippen LogP contribution < -0.4 is 4.72 Å². The van der Waals surface area contributed by atoms with Gasteiger partial charge in [0.15, 0.2) is 0 Å². The van der Waals surface area contributed by atoms with Crippen molar-refractivity contribution >= 4 is 28.6 Å². The maximum Gasteiger partial charge on any atom is 0.212 e. The number of benzene rings is 2. The molecule has 30 heavy (non-hydrogen) atoms. The van der Waals surface area contributed by atoms with Gasteiger partial charge in [-0.3, -0.25) is 4.90 Å². The minimum atomic E-state index is -0.430. The molecule has 4 nitrogen and oxygen atoms in total. The summed E-state index contributed by atoms with van der Waals surface area (Å²) in [5.74, 6) is -0.808. The number of halogens is 2. The van der Waals surface area contributed by atoms with Crippen LogP contribution in [-0.4, -0.2) is 20.8 Å². The molecule has 2 fully saturated rings. The van der Waals surface area contributed by atoms with Crippen LogP contribution in [0.25, 0.3) is 0 Å². The zero-order valence-electron chi connectivity index (χ0n) is 16.4. The van der Waals surface area contributed by atoms with Crippen molar-refractivity contribution in [2.24, 2.45) is 5.41 Å². The fraction of sp³-hybridized carbons (Fsp3) is 0.364. The second-order valence-corrected chi connectivity index (χ2v) is 9.80. The second kappa shape index (κ2) is 8.24. The van der Waals surface area contributed by atoms with Crippen molar-refractivity contribution in [1.29, 1.82) is 0 Å². The highest BCUT2D eigenvalue weighted by Gasteiger charge is 2.48. The summed E-state index contributed by atoms with van der Waals surface area (Å²) in [5.41, 5.74) is 2.13. The molecule has 0 unspecified atom stereocenters. The van der Waals surface area contributed by atoms with Crippen LogP contribution >= 0.6 is 23.5 Å². The fourth-order valence-corrected chi connectivity index (χ4v) is 5.44. The Morgan fingerprint density at radius 2 is 1.97 bits per heavy atom. The van der Waals surface area contributed by atoms with E-state index in [4.69, 9.17) is 0 Å². The summed E-state index contributed by atoms with van der Waals surface area (Å²) in [5, 5.41) is 0.553. The van der Waals surface area contributed by atoms with Gasteiger partial charge in [-0.2, -0.15) is 4.37 Å². The van der Waals surface area contributed by atoms with Crippen LogP contribution in [0.2, 0.25) is 0 Å². The van der Waals surface area contributed by atoms with Gasteiger partial charge in [0, 0.05) is 29.7 Å². The van der Waals surface area contributed by atoms with E-state index in [0.29, 0.717) is 22.7 Å². The molecule has 2 aromatic carbocycles. The van der Waals surface area contributed by atoms with E-state index in [0.717, 1.165) is 31.3 Å². The third kappa shape index (κ3) is 4.22. The zero-order valence-corrected chi connectivity index (χ0v) is 18.0. The van der Waals surface area contributed by atoms with Crippen LogP contribution in [-0.2, 0) is 6.54 Å². The number of aromatic nitrogens is 2. The minimum absolute atomic E-state index is 0.210. The van der Waals surface area contributed by atoms with E-state index < -0.39 is 5.82 Å². The first-order chi connectivity index (χ1) is 14.6. The highest BCUT2D eigenvalue weighted by atomic mass is 32.2. The van der Waals surface area contributed by atoms with Crippen molar-refractivity contribution in [3.63, 3.8) is 0 Å². The summed E-state index contributed by atoms with van der Waals surface area (Å²) in [6.07, 6.45) is 6.24. The predicted molar refractivity (Wildman–Crippen MR) is 116 cm³/mol. The third-order valence-corrected chi connectivity index (χ3v) is 7.76. The standard InChI is InChI=1S/C22H22F2N4S2/c23-17-11-20(29-27-21-25-14-26-30-21)18(24)10-16(17)13-28-9-8-22(6-7-22)12-19(28)15-4-2-1-3-5-15/h1-5,10-11,14,19H,6-9,12-13H2,(H,25,26,27)/t19-/m1/s1. The molecule has 2 aliphatic rings. The number of nitrogens with zero attached hydrogens (tertiary/aromatic N) is 3. The normalized spacial score (nSPS) is 20.4. The molecular weight excluding hydrogens is 422 g/mol. The summed E-state index contributed by atoms with van der Waals surface area (Å²) < 4.78 is 36.4. The van der Waals surface area contributed by atoms with Crippen molar-refractivity contribution in [3.8, 4) is 0 Å². The lowest BCUT2D eigenvalue weighted by Crippen LogP contribution is -2.37. The van der Waals surface area contributed by atoms with E-state index in [1.54, 1.807) is 0 Å². The SMILES string of the molecule is Fc1cc(SNc2ncns2)c(F)cc1CN1CCC2(CC2)C[C@@H]1c1ccccc1. The van der Waals surface area contributed by atoms with Gasteiger partial charge in [0.2, 0.25) is 5.13 Å². The number of hydrogen-bond acceptors (Lipinski definition) is 6. The second-order valence-electron chi connectivity index (χ2n) is 8.18. The Balaban J connectivity index is 1.34. The Bertz CT molecular complexity index is 1010. The van der Waals surface area contributed by atoms with E-state index in [1.165, 1.54) is 48.4 Å². The van der Waals surface area contributed by atoms with Gasteiger partial charge in [0.1, 0.15) is 18.0 Å². The number of rotatable bonds is 6. The van der Waals surface area contributed by atoms with E-state index in [1.807, 2.05) is 6.07 Å². The van der Waals surface area contributed by atoms with E-state index >= 15 is 0 Å². The first kappa shape index (κ1) is 19.9. The Hall–Kier alpha value is -2.03. The molecule has 2 heterocycles. The molecule has 0 radical (unpaired) electrons. The van der Waals surface area contributed by atoms with Crippen molar-refractivity contribution < 1.29 is 8.78 Å². The number of hydrogen-bond donors (Lipinski definition) is 1. The largest absolute Gasteiger partial charge is 0.300 e. The third-order valence-electron chi connectivity index (χ3n) is 6.22. The molecule has 1 saturated heterocycles. The highest BCUT2D eigenvalue weighted by molar-refractivity contribution is 8.00. The summed E-state index contributed by atoms with van der Waals surface area (Å²) in [7, 11) is 0. The Morgan fingerprint density at radius 3 is 2.70 bits per heavy atom. The van der Waals surface area contributed by atoms with E-state index in [9.17, 15) is 8.78 Å². The molecular formula is C22H22F2N4S2. The number of anilines is 1. The maximum absolute atomic E-state index is 14.9. The topological polar surface area (TPSA) is 41.1 Å². The molecule has 0 bridgehead atoms. The van der Waals surface area contributed by atoms with Crippen LogP contribution in [0.1, 0.15) is 42.9 Å². The van der Waals surface area contributed by atoms with Crippen LogP contribution in [0.15, 0.2) is 53.7 Å². The van der Waals surface area contributed by atoms with Gasteiger partial charge in [-0.1, -0.05) is 30.3 Å². The van der Waals surface area contributed by atoms with Gasteiger partial charge in [-0.05, 0) is 67.3 Å². The number of likely N-dealkylation sites (tertiary alicyclic amines) is 1. The molecule has 8 heteroatoms. The van der Waals surface area contributed by atoms with Crippen LogP contribution in [0.5, 0.6) is 0 Å². The first-order valence-electron chi connectivity index (χ1n) is 10.1. The van der Waals surface area contributed by atoms with Gasteiger partial charge >= 0.3 is 0 Å². The van der Waals surface area contributed by atoms with Crippen LogP contribution in [0.3, 0.4) is 0 Å². The molecule has 5 rings (SSSR count). The number of piperidine rings is 1. The smallest absolute Gasteiger partial charge is 0.212 e. The maximum atomic E-state index is 14.9. The van der Waals surface area contributed by atoms with Crippen molar-refractivity contribution in [2.75, 3.05) is 11.3 Å². The van der Waals surface area contributed by atoms with Gasteiger partial charge < -0.3 is 4.72 Å². The first-order valence-corrected chi connectivity index (χ1v) is 11.7. The molecule has 0 amide bonds. The summed E-state index contributed by atoms with van der Waals surface area (Å²) in [6.45, 7) is 1.32. The Labute approximate surface area is 183 Å². The monoisotopic (exact) mass is 444 g/mol. The average molecular weight is 445 g/mol. The highest BCUT2D eigenvalue weighted by Crippen LogP contribution is 2.58. The van der Waals surface area contributed by atoms with Crippen molar-refractivity contribution in [3.05, 3.63) is 71.6 Å². The minimum Gasteiger partial charge on any atom is -0.300 e. The molecule has 1 atom stereocenters. The average Bonchev–Trinajstić information content (AvgIpc) is 3.30. The van der Waals surface area contributed by atoms with Gasteiger partial charge in [0.05, 0.1) is 4.90 Å². The fourth-order valence-electron chi connectivity index (χ4n) is 4.31. The van der Waals surface area contributed by atoms with E-state index in [-0.39, 0.29) is 16.8 Å². The zero-order chi connectivity index (χ0) is 20.6. The Morgan fingerprint density at radius 1 is 1.13 bits per heavy atom. The van der Waals surface area contributed by atoms with Crippen molar-refractivity contribution in [1.82, 2.24) is 14.3 Å². The molecule has 1 aliphatic carbocycles. The number of nitrogens with one attached hydrogen (secondary N) is 1. The van der Waals surface area contributed by atoms with Crippen LogP contribution in [0.4, 0.5) is 13.9 Å². The molecule has 1 spiro atoms. The lowest BCUT2D eigenvalue weighted by atomic mass is 9.84. The van der Waals surface area contributed by atoms with E-state index in [2.05, 4.69) is 43.2 Å². The van der Waals surface area contributed by atoms with Gasteiger partial charge in [0.25, 0.3) is 0 Å². The molecule has 156 valence electrons. The quantitative estimate of drug-likeness (QED) is 0.469. The summed E-state index contributed by atoms with van der Waals surface area (Å²) >= 11 is 2.17. The molecule has 3 aromatic rings. The molecule has 1 aliphatic heterocycles. The molecule has 1 N–H and O–H groups in total. The summed E-state index contributed by atoms with van der Waals surface area (Å²) in [6, 6.07) is 13.3. The lowest BCUT2D eigenvalue weighted by molar-refractivity contribution is 0.0929. The van der Waals surface area contributed by atoms with Gasteiger partial charge in [-0.25, -0.2) is 13.8 Å². The molecule has 1 saturated carbocycles.